The zero-order chi connectivity index (χ0) is 43.9. The third kappa shape index (κ3) is 44.0. The molecule has 0 fully saturated rings. The van der Waals surface area contributed by atoms with Crippen LogP contribution in [0.1, 0.15) is 213 Å². The van der Waals surface area contributed by atoms with Crippen molar-refractivity contribution in [1.29, 1.82) is 0 Å². The molecule has 3 atom stereocenters. The molecule has 5 N–H and O–H groups in total. The van der Waals surface area contributed by atoms with Gasteiger partial charge in [-0.1, -0.05) is 215 Å². The second-order valence-electron chi connectivity index (χ2n) is 16.3. The van der Waals surface area contributed by atoms with E-state index in [-0.39, 0.29) is 25.7 Å². The number of amides is 1. The van der Waals surface area contributed by atoms with Crippen LogP contribution in [0.25, 0.3) is 0 Å². The average molecular weight is 861 g/mol. The van der Waals surface area contributed by atoms with Crippen LogP contribution >= 0.6 is 7.82 Å². The molecule has 0 saturated carbocycles. The molecule has 3 unspecified atom stereocenters. The van der Waals surface area contributed by atoms with Gasteiger partial charge < -0.3 is 21.1 Å². The Labute approximate surface area is 369 Å². The van der Waals surface area contributed by atoms with E-state index in [0.717, 1.165) is 70.6 Å². The van der Waals surface area contributed by atoms with E-state index in [0.29, 0.717) is 19.3 Å². The molecule has 0 heterocycles. The fourth-order valence-corrected chi connectivity index (χ4v) is 7.66. The van der Waals surface area contributed by atoms with Gasteiger partial charge in [-0.3, -0.25) is 13.8 Å². The molecule has 9 heteroatoms. The lowest BCUT2D eigenvalue weighted by Crippen LogP contribution is -2.46. The standard InChI is InChI=1S/C51H93N2O6P/c1-3-5-7-9-11-13-15-17-19-21-23-25-27-29-31-33-35-37-39-41-43-45-51(55)53-49(48-59-60(56,57)58-47-46-52)50(54)44-42-40-38-36-34-32-30-28-26-24-22-20-18-16-14-12-10-8-6-4-2/h5,7,11,13,17,19,23,25,29,31,35,37,49-50,54H,3-4,6,8-10,12,14-16,18,20-22,24,26-28,30,32-34,36,38-48,52H2,1-2H3,(H,53,55)(H,56,57)/b7-5-,13-11-,19-17-,25-23-,31-29-,37-35-. The molecular formula is C51H93N2O6P. The number of carbonyl (C=O) groups excluding carboxylic acids is 1. The van der Waals surface area contributed by atoms with Gasteiger partial charge in [-0.05, 0) is 64.2 Å². The number of nitrogens with one attached hydrogen (secondary N) is 1. The molecule has 60 heavy (non-hydrogen) atoms. The van der Waals surface area contributed by atoms with E-state index in [1.54, 1.807) is 0 Å². The van der Waals surface area contributed by atoms with Gasteiger partial charge in [0, 0.05) is 13.0 Å². The van der Waals surface area contributed by atoms with E-state index >= 15 is 0 Å². The maximum Gasteiger partial charge on any atom is 0.472 e. The Balaban J connectivity index is 4.19. The third-order valence-corrected chi connectivity index (χ3v) is 11.6. The lowest BCUT2D eigenvalue weighted by Gasteiger charge is -2.25. The van der Waals surface area contributed by atoms with Crippen LogP contribution < -0.4 is 11.1 Å². The summed E-state index contributed by atoms with van der Waals surface area (Å²) in [6.45, 7) is 4.07. The van der Waals surface area contributed by atoms with Crippen LogP contribution in [0.15, 0.2) is 72.9 Å². The van der Waals surface area contributed by atoms with Gasteiger partial charge in [-0.25, -0.2) is 4.57 Å². The second-order valence-corrected chi connectivity index (χ2v) is 17.7. The number of hydrogen-bond acceptors (Lipinski definition) is 6. The first-order valence-electron chi connectivity index (χ1n) is 24.6. The predicted molar refractivity (Wildman–Crippen MR) is 258 cm³/mol. The first-order chi connectivity index (χ1) is 29.4. The predicted octanol–water partition coefficient (Wildman–Crippen LogP) is 14.4. The van der Waals surface area contributed by atoms with Gasteiger partial charge in [0.2, 0.25) is 5.91 Å². The maximum atomic E-state index is 12.8. The summed E-state index contributed by atoms with van der Waals surface area (Å²) in [7, 11) is -4.34. The van der Waals surface area contributed by atoms with Gasteiger partial charge in [-0.2, -0.15) is 0 Å². The van der Waals surface area contributed by atoms with Crippen LogP contribution in [0.2, 0.25) is 0 Å². The molecule has 0 aliphatic heterocycles. The van der Waals surface area contributed by atoms with Crippen molar-refractivity contribution < 1.29 is 28.4 Å². The summed E-state index contributed by atoms with van der Waals surface area (Å²) >= 11 is 0. The molecule has 0 aromatic rings. The highest BCUT2D eigenvalue weighted by atomic mass is 31.2. The Hall–Kier alpha value is -2.06. The SMILES string of the molecule is CC/C=C\C/C=C\C/C=C\C/C=C\C/C=C\C/C=C\CCCCC(=O)NC(COP(=O)(O)OCCN)C(O)CCCCCCCCCCCCCCCCCCCCCC. The van der Waals surface area contributed by atoms with Crippen LogP contribution in [0, 0.1) is 0 Å². The largest absolute Gasteiger partial charge is 0.472 e. The highest BCUT2D eigenvalue weighted by Crippen LogP contribution is 2.43. The maximum absolute atomic E-state index is 12.8. The first kappa shape index (κ1) is 57.9. The molecular weight excluding hydrogens is 768 g/mol. The van der Waals surface area contributed by atoms with Gasteiger partial charge in [0.15, 0.2) is 0 Å². The van der Waals surface area contributed by atoms with Gasteiger partial charge in [0.1, 0.15) is 0 Å². The zero-order valence-corrected chi connectivity index (χ0v) is 39.6. The van der Waals surface area contributed by atoms with Crippen molar-refractivity contribution in [3.63, 3.8) is 0 Å². The third-order valence-electron chi connectivity index (χ3n) is 10.6. The fraction of sp³-hybridized carbons (Fsp3) is 0.745. The number of phosphoric acid groups is 1. The van der Waals surface area contributed by atoms with Crippen LogP contribution in [0.5, 0.6) is 0 Å². The number of aliphatic hydroxyl groups is 1. The van der Waals surface area contributed by atoms with E-state index in [2.05, 4.69) is 92.1 Å². The topological polar surface area (TPSA) is 131 Å². The smallest absolute Gasteiger partial charge is 0.391 e. The van der Waals surface area contributed by atoms with Gasteiger partial charge in [-0.15, -0.1) is 0 Å². The van der Waals surface area contributed by atoms with Crippen molar-refractivity contribution in [3.05, 3.63) is 72.9 Å². The first-order valence-corrected chi connectivity index (χ1v) is 26.0. The Morgan fingerprint density at radius 2 is 0.967 bits per heavy atom. The Bertz CT molecular complexity index is 1170. The van der Waals surface area contributed by atoms with Crippen LogP contribution in [0.3, 0.4) is 0 Å². The Morgan fingerprint density at radius 3 is 1.38 bits per heavy atom. The molecule has 0 bridgehead atoms. The van der Waals surface area contributed by atoms with E-state index < -0.39 is 20.0 Å². The number of allylic oxidation sites excluding steroid dienone is 12. The van der Waals surface area contributed by atoms with E-state index in [4.69, 9.17) is 14.8 Å². The van der Waals surface area contributed by atoms with Crippen molar-refractivity contribution in [3.8, 4) is 0 Å². The summed E-state index contributed by atoms with van der Waals surface area (Å²) in [5, 5.41) is 13.8. The minimum Gasteiger partial charge on any atom is -0.391 e. The molecule has 0 radical (unpaired) electrons. The molecule has 0 spiro atoms. The molecule has 0 aromatic heterocycles. The molecule has 0 aliphatic carbocycles. The number of unbranched alkanes of at least 4 members (excludes halogenated alkanes) is 21. The summed E-state index contributed by atoms with van der Waals surface area (Å²) in [4.78, 5) is 22.8. The van der Waals surface area contributed by atoms with Crippen LogP contribution in [-0.2, 0) is 18.4 Å². The monoisotopic (exact) mass is 861 g/mol. The molecule has 0 rings (SSSR count). The van der Waals surface area contributed by atoms with Crippen molar-refractivity contribution in [2.45, 2.75) is 225 Å². The number of aliphatic hydroxyl groups excluding tert-OH is 1. The minimum absolute atomic E-state index is 0.0781. The van der Waals surface area contributed by atoms with Gasteiger partial charge in [0.05, 0.1) is 25.4 Å². The number of phosphoric ester groups is 1. The number of carbonyl (C=O) groups is 1. The number of hydrogen-bond donors (Lipinski definition) is 4. The van der Waals surface area contributed by atoms with Crippen molar-refractivity contribution in [2.75, 3.05) is 19.8 Å². The molecule has 0 aromatic carbocycles. The summed E-state index contributed by atoms with van der Waals surface area (Å²) in [6, 6.07) is -0.803. The zero-order valence-electron chi connectivity index (χ0n) is 38.7. The summed E-state index contributed by atoms with van der Waals surface area (Å²) in [6.07, 6.45) is 60.6. The lowest BCUT2D eigenvalue weighted by molar-refractivity contribution is -0.123. The molecule has 1 amide bonds. The average Bonchev–Trinajstić information content (AvgIpc) is 3.24. The number of nitrogens with two attached hydrogens (primary N) is 1. The second kappa shape index (κ2) is 46.4. The Kier molecular flexibility index (Phi) is 44.8. The normalized spacial score (nSPS) is 14.6. The summed E-state index contributed by atoms with van der Waals surface area (Å²) in [5.74, 6) is -0.204. The quantitative estimate of drug-likeness (QED) is 0.0272. The molecule has 0 aliphatic rings. The summed E-state index contributed by atoms with van der Waals surface area (Å²) < 4.78 is 22.2. The fourth-order valence-electron chi connectivity index (χ4n) is 6.90. The van der Waals surface area contributed by atoms with Crippen molar-refractivity contribution in [2.24, 2.45) is 5.73 Å². The lowest BCUT2D eigenvalue weighted by atomic mass is 10.0. The van der Waals surface area contributed by atoms with Crippen LogP contribution in [-0.4, -0.2) is 47.8 Å². The van der Waals surface area contributed by atoms with Gasteiger partial charge >= 0.3 is 7.82 Å². The molecule has 8 nitrogen and oxygen atoms in total. The van der Waals surface area contributed by atoms with Gasteiger partial charge in [0.25, 0.3) is 0 Å². The van der Waals surface area contributed by atoms with E-state index in [9.17, 15) is 19.4 Å². The Morgan fingerprint density at radius 1 is 0.567 bits per heavy atom. The molecule has 348 valence electrons. The van der Waals surface area contributed by atoms with Crippen molar-refractivity contribution >= 4 is 13.7 Å². The molecule has 0 saturated heterocycles. The van der Waals surface area contributed by atoms with Crippen molar-refractivity contribution in [1.82, 2.24) is 5.32 Å². The van der Waals surface area contributed by atoms with E-state index in [1.165, 1.54) is 109 Å². The highest BCUT2D eigenvalue weighted by molar-refractivity contribution is 7.47. The van der Waals surface area contributed by atoms with E-state index in [1.807, 2.05) is 0 Å². The summed E-state index contributed by atoms with van der Waals surface area (Å²) in [5.41, 5.74) is 5.39. The minimum atomic E-state index is -4.34. The highest BCUT2D eigenvalue weighted by Gasteiger charge is 2.27. The van der Waals surface area contributed by atoms with Crippen LogP contribution in [0.4, 0.5) is 0 Å². The number of rotatable bonds is 45.